The first-order valence-electron chi connectivity index (χ1n) is 8.87. The molecule has 25 heavy (non-hydrogen) atoms. The number of nitrogens with two attached hydrogens (primary N) is 1. The maximum Gasteiger partial charge on any atom is 0.262 e. The number of halogens is 1. The third-order valence-corrected chi connectivity index (χ3v) is 5.65. The molecule has 2 amide bonds. The Morgan fingerprint density at radius 3 is 2.44 bits per heavy atom. The van der Waals surface area contributed by atoms with Gasteiger partial charge in [0.05, 0.1) is 4.88 Å². The van der Waals surface area contributed by atoms with Gasteiger partial charge in [0.2, 0.25) is 5.91 Å². The van der Waals surface area contributed by atoms with Crippen molar-refractivity contribution in [1.82, 2.24) is 10.6 Å². The van der Waals surface area contributed by atoms with E-state index in [2.05, 4.69) is 10.6 Å². The smallest absolute Gasteiger partial charge is 0.262 e. The van der Waals surface area contributed by atoms with Crippen LogP contribution in [-0.2, 0) is 4.79 Å². The van der Waals surface area contributed by atoms with E-state index in [0.29, 0.717) is 17.3 Å². The Hall–Kier alpha value is -1.11. The van der Waals surface area contributed by atoms with Gasteiger partial charge in [-0.15, -0.1) is 23.7 Å². The summed E-state index contributed by atoms with van der Waals surface area (Å²) in [5, 5.41) is 7.82. The minimum Gasteiger partial charge on any atom is -0.350 e. The van der Waals surface area contributed by atoms with Gasteiger partial charge in [-0.2, -0.15) is 0 Å². The van der Waals surface area contributed by atoms with E-state index >= 15 is 0 Å². The molecular weight excluding hydrogens is 358 g/mol. The predicted octanol–water partition coefficient (Wildman–Crippen LogP) is 2.95. The molecule has 1 saturated carbocycles. The second-order valence-electron chi connectivity index (χ2n) is 6.92. The second-order valence-corrected chi connectivity index (χ2v) is 7.87. The largest absolute Gasteiger partial charge is 0.350 e. The lowest BCUT2D eigenvalue weighted by atomic mass is 9.83. The number of hydrogen-bond acceptors (Lipinski definition) is 4. The topological polar surface area (TPSA) is 84.2 Å². The Balaban J connectivity index is 0.00000312. The van der Waals surface area contributed by atoms with Crippen LogP contribution in [0, 0.1) is 11.8 Å². The standard InChI is InChI=1S/C18H29N3O2S.ClH/c1-12(2)16(21-17(22)15-9-6-10-24-15)18(23)20-14(11-19)13-7-4-3-5-8-13;/h6,9-10,12-14,16H,3-5,7-8,11,19H2,1-2H3,(H,20,23)(H,21,22);1H. The van der Waals surface area contributed by atoms with E-state index in [1.807, 2.05) is 25.3 Å². The van der Waals surface area contributed by atoms with Crippen LogP contribution in [0.25, 0.3) is 0 Å². The highest BCUT2D eigenvalue weighted by Crippen LogP contribution is 2.26. The van der Waals surface area contributed by atoms with E-state index in [4.69, 9.17) is 5.73 Å². The molecule has 1 heterocycles. The zero-order valence-corrected chi connectivity index (χ0v) is 16.6. The Bertz CT molecular complexity index is 530. The molecule has 7 heteroatoms. The zero-order valence-electron chi connectivity index (χ0n) is 15.0. The molecule has 0 aromatic carbocycles. The van der Waals surface area contributed by atoms with Gasteiger partial charge in [-0.25, -0.2) is 0 Å². The number of rotatable bonds is 7. The summed E-state index contributed by atoms with van der Waals surface area (Å²) in [6, 6.07) is 3.05. The van der Waals surface area contributed by atoms with Crippen molar-refractivity contribution in [2.75, 3.05) is 6.54 Å². The van der Waals surface area contributed by atoms with Crippen molar-refractivity contribution in [3.05, 3.63) is 22.4 Å². The molecule has 4 N–H and O–H groups in total. The fourth-order valence-electron chi connectivity index (χ4n) is 3.33. The van der Waals surface area contributed by atoms with Gasteiger partial charge in [-0.05, 0) is 36.1 Å². The molecule has 1 aromatic rings. The fourth-order valence-corrected chi connectivity index (χ4v) is 3.96. The summed E-state index contributed by atoms with van der Waals surface area (Å²) in [6.07, 6.45) is 5.93. The lowest BCUT2D eigenvalue weighted by Gasteiger charge is -2.32. The van der Waals surface area contributed by atoms with Gasteiger partial charge in [-0.1, -0.05) is 39.2 Å². The molecule has 0 spiro atoms. The number of carbonyl (C=O) groups is 2. The van der Waals surface area contributed by atoms with Crippen LogP contribution in [0.3, 0.4) is 0 Å². The van der Waals surface area contributed by atoms with Gasteiger partial charge in [-0.3, -0.25) is 9.59 Å². The van der Waals surface area contributed by atoms with E-state index in [0.717, 1.165) is 12.8 Å². The average Bonchev–Trinajstić information content (AvgIpc) is 3.12. The normalized spacial score (nSPS) is 17.4. The van der Waals surface area contributed by atoms with Gasteiger partial charge in [0.25, 0.3) is 5.91 Å². The van der Waals surface area contributed by atoms with Gasteiger partial charge in [0.1, 0.15) is 6.04 Å². The molecule has 0 radical (unpaired) electrons. The van der Waals surface area contributed by atoms with Crippen molar-refractivity contribution in [3.8, 4) is 0 Å². The Morgan fingerprint density at radius 1 is 1.24 bits per heavy atom. The maximum atomic E-state index is 12.7. The molecule has 142 valence electrons. The quantitative estimate of drug-likeness (QED) is 0.672. The summed E-state index contributed by atoms with van der Waals surface area (Å²) in [5.41, 5.74) is 5.91. The van der Waals surface area contributed by atoms with E-state index in [-0.39, 0.29) is 36.2 Å². The van der Waals surface area contributed by atoms with E-state index in [1.54, 1.807) is 6.07 Å². The molecule has 5 nitrogen and oxygen atoms in total. The Kier molecular flexibility index (Phi) is 9.46. The summed E-state index contributed by atoms with van der Waals surface area (Å²) < 4.78 is 0. The predicted molar refractivity (Wildman–Crippen MR) is 105 cm³/mol. The molecule has 0 saturated heterocycles. The minimum atomic E-state index is -0.544. The van der Waals surface area contributed by atoms with E-state index in [1.165, 1.54) is 30.6 Å². The van der Waals surface area contributed by atoms with E-state index < -0.39 is 6.04 Å². The maximum absolute atomic E-state index is 12.7. The minimum absolute atomic E-state index is 0. The van der Waals surface area contributed by atoms with Gasteiger partial charge >= 0.3 is 0 Å². The Labute approximate surface area is 160 Å². The van der Waals surface area contributed by atoms with Crippen LogP contribution in [0.1, 0.15) is 55.6 Å². The summed E-state index contributed by atoms with van der Waals surface area (Å²) in [4.78, 5) is 25.6. The van der Waals surface area contributed by atoms with Gasteiger partial charge < -0.3 is 16.4 Å². The first-order valence-corrected chi connectivity index (χ1v) is 9.75. The van der Waals surface area contributed by atoms with Gasteiger partial charge in [0, 0.05) is 12.6 Å². The second kappa shape index (κ2) is 10.8. The van der Waals surface area contributed by atoms with Crippen LogP contribution in [0.4, 0.5) is 0 Å². The number of nitrogens with one attached hydrogen (secondary N) is 2. The molecular formula is C18H30ClN3O2S. The number of hydrogen-bond donors (Lipinski definition) is 3. The molecule has 0 bridgehead atoms. The lowest BCUT2D eigenvalue weighted by molar-refractivity contribution is -0.125. The van der Waals surface area contributed by atoms with Crippen molar-refractivity contribution in [1.29, 1.82) is 0 Å². The van der Waals surface area contributed by atoms with Gasteiger partial charge in [0.15, 0.2) is 0 Å². The highest BCUT2D eigenvalue weighted by molar-refractivity contribution is 7.12. The molecule has 2 rings (SSSR count). The monoisotopic (exact) mass is 387 g/mol. The van der Waals surface area contributed by atoms with Crippen molar-refractivity contribution in [2.45, 2.75) is 58.0 Å². The number of amides is 2. The highest BCUT2D eigenvalue weighted by Gasteiger charge is 2.29. The van der Waals surface area contributed by atoms with Crippen LogP contribution in [0.2, 0.25) is 0 Å². The fraction of sp³-hybridized carbons (Fsp3) is 0.667. The molecule has 1 fully saturated rings. The summed E-state index contributed by atoms with van der Waals surface area (Å²) in [7, 11) is 0. The molecule has 2 atom stereocenters. The lowest BCUT2D eigenvalue weighted by Crippen LogP contribution is -2.55. The highest BCUT2D eigenvalue weighted by atomic mass is 35.5. The molecule has 2 unspecified atom stereocenters. The summed E-state index contributed by atoms with van der Waals surface area (Å²) in [6.45, 7) is 4.33. The third-order valence-electron chi connectivity index (χ3n) is 4.78. The number of carbonyl (C=O) groups excluding carboxylic acids is 2. The van der Waals surface area contributed by atoms with Crippen molar-refractivity contribution in [3.63, 3.8) is 0 Å². The molecule has 1 aliphatic rings. The van der Waals surface area contributed by atoms with Crippen LogP contribution >= 0.6 is 23.7 Å². The molecule has 1 aliphatic carbocycles. The average molecular weight is 388 g/mol. The van der Waals surface area contributed by atoms with Crippen LogP contribution < -0.4 is 16.4 Å². The van der Waals surface area contributed by atoms with Crippen LogP contribution in [-0.4, -0.2) is 30.4 Å². The van der Waals surface area contributed by atoms with E-state index in [9.17, 15) is 9.59 Å². The summed E-state index contributed by atoms with van der Waals surface area (Å²) >= 11 is 1.37. The molecule has 1 aromatic heterocycles. The number of thiophene rings is 1. The Morgan fingerprint density at radius 2 is 1.92 bits per heavy atom. The first kappa shape index (κ1) is 21.9. The van der Waals surface area contributed by atoms with Crippen molar-refractivity contribution < 1.29 is 9.59 Å². The molecule has 0 aliphatic heterocycles. The zero-order chi connectivity index (χ0) is 17.5. The van der Waals surface area contributed by atoms with Crippen LogP contribution in [0.15, 0.2) is 17.5 Å². The SMILES string of the molecule is CC(C)C(NC(=O)c1cccs1)C(=O)NC(CN)C1CCCCC1.Cl. The summed E-state index contributed by atoms with van der Waals surface area (Å²) in [5.74, 6) is 0.143. The van der Waals surface area contributed by atoms with Crippen LogP contribution in [0.5, 0.6) is 0 Å². The van der Waals surface area contributed by atoms with Crippen molar-refractivity contribution >= 4 is 35.6 Å². The first-order chi connectivity index (χ1) is 11.5. The third kappa shape index (κ3) is 6.28. The van der Waals surface area contributed by atoms with Crippen molar-refractivity contribution in [2.24, 2.45) is 17.6 Å².